The number of hydrogen-bond acceptors (Lipinski definition) is 2. The van der Waals surface area contributed by atoms with Gasteiger partial charge < -0.3 is 0 Å². The Kier molecular flexibility index (Phi) is 4.39. The van der Waals surface area contributed by atoms with E-state index >= 15 is 0 Å². The van der Waals surface area contributed by atoms with Crippen LogP contribution >= 0.6 is 23.2 Å². The topological polar surface area (TPSA) is 58.2 Å². The number of amides is 2. The molecule has 0 saturated heterocycles. The molecule has 0 aliphatic rings. The van der Waals surface area contributed by atoms with Gasteiger partial charge in [0.1, 0.15) is 0 Å². The van der Waals surface area contributed by atoms with Crippen molar-refractivity contribution in [1.29, 1.82) is 0 Å². The highest BCUT2D eigenvalue weighted by molar-refractivity contribution is 6.42. The number of rotatable bonds is 4. The summed E-state index contributed by atoms with van der Waals surface area (Å²) in [7, 11) is 0. The van der Waals surface area contributed by atoms with Crippen molar-refractivity contribution in [3.63, 3.8) is 0 Å². The van der Waals surface area contributed by atoms with E-state index in [1.54, 1.807) is 18.2 Å². The minimum absolute atomic E-state index is 0.123. The Morgan fingerprint density at radius 1 is 1.33 bits per heavy atom. The number of nitrogens with one attached hydrogen (secondary N) is 2. The van der Waals surface area contributed by atoms with Crippen LogP contribution in [0.25, 0.3) is 0 Å². The van der Waals surface area contributed by atoms with Gasteiger partial charge in [-0.2, -0.15) is 0 Å². The standard InChI is InChI=1S/C9H8Cl2N2O2/c10-7-2-1-6(3-8(7)11)4-9(15)13-12-5-14/h1-3,5H,4H2,(H,12,14)(H,13,15). The van der Waals surface area contributed by atoms with Crippen molar-refractivity contribution in [3.05, 3.63) is 33.8 Å². The molecular formula is C9H8Cl2N2O2. The summed E-state index contributed by atoms with van der Waals surface area (Å²) in [5.41, 5.74) is 4.95. The first-order chi connectivity index (χ1) is 7.13. The lowest BCUT2D eigenvalue weighted by molar-refractivity contribution is -0.124. The van der Waals surface area contributed by atoms with Crippen LogP contribution in [-0.2, 0) is 16.0 Å². The van der Waals surface area contributed by atoms with Crippen LogP contribution in [0, 0.1) is 0 Å². The Morgan fingerprint density at radius 2 is 2.07 bits per heavy atom. The van der Waals surface area contributed by atoms with Gasteiger partial charge >= 0.3 is 0 Å². The van der Waals surface area contributed by atoms with E-state index in [4.69, 9.17) is 23.2 Å². The van der Waals surface area contributed by atoms with Crippen LogP contribution in [0.5, 0.6) is 0 Å². The molecule has 6 heteroatoms. The third-order valence-electron chi connectivity index (χ3n) is 1.62. The maximum atomic E-state index is 11.2. The Labute approximate surface area is 96.5 Å². The lowest BCUT2D eigenvalue weighted by atomic mass is 10.1. The van der Waals surface area contributed by atoms with E-state index in [0.717, 1.165) is 5.56 Å². The fourth-order valence-electron chi connectivity index (χ4n) is 0.989. The number of carbonyl (C=O) groups is 2. The van der Waals surface area contributed by atoms with E-state index in [1.165, 1.54) is 0 Å². The molecule has 0 unspecified atom stereocenters. The molecule has 1 aromatic rings. The quantitative estimate of drug-likeness (QED) is 0.622. The molecule has 0 atom stereocenters. The average molecular weight is 247 g/mol. The molecule has 2 N–H and O–H groups in total. The molecule has 0 bridgehead atoms. The maximum absolute atomic E-state index is 11.2. The molecule has 15 heavy (non-hydrogen) atoms. The molecule has 0 radical (unpaired) electrons. The van der Waals surface area contributed by atoms with E-state index in [2.05, 4.69) is 10.9 Å². The first-order valence-electron chi connectivity index (χ1n) is 4.05. The van der Waals surface area contributed by atoms with Gasteiger partial charge in [-0.15, -0.1) is 0 Å². The monoisotopic (exact) mass is 246 g/mol. The van der Waals surface area contributed by atoms with Crippen LogP contribution in [0.1, 0.15) is 5.56 Å². The molecule has 0 aliphatic carbocycles. The van der Waals surface area contributed by atoms with Crippen LogP contribution in [0.4, 0.5) is 0 Å². The summed E-state index contributed by atoms with van der Waals surface area (Å²) in [4.78, 5) is 21.1. The second-order valence-corrected chi connectivity index (χ2v) is 3.55. The number of hydrazine groups is 1. The van der Waals surface area contributed by atoms with Gasteiger partial charge in [-0.3, -0.25) is 20.4 Å². The minimum atomic E-state index is -0.333. The molecule has 0 aromatic heterocycles. The lowest BCUT2D eigenvalue weighted by Crippen LogP contribution is -2.37. The number of benzene rings is 1. The van der Waals surface area contributed by atoms with Crippen LogP contribution < -0.4 is 10.9 Å². The Morgan fingerprint density at radius 3 is 2.67 bits per heavy atom. The predicted octanol–water partition coefficient (Wildman–Crippen LogP) is 1.31. The zero-order chi connectivity index (χ0) is 11.3. The summed E-state index contributed by atoms with van der Waals surface area (Å²) in [6.45, 7) is 0. The Balaban J connectivity index is 2.60. The molecule has 0 saturated carbocycles. The second kappa shape index (κ2) is 5.58. The molecule has 0 aliphatic heterocycles. The predicted molar refractivity (Wildman–Crippen MR) is 57.5 cm³/mol. The van der Waals surface area contributed by atoms with Crippen LogP contribution in [0.3, 0.4) is 0 Å². The molecule has 1 rings (SSSR count). The van der Waals surface area contributed by atoms with Crippen LogP contribution in [0.2, 0.25) is 10.0 Å². The summed E-state index contributed by atoms with van der Waals surface area (Å²) in [5.74, 6) is -0.333. The Hall–Kier alpha value is -1.26. The molecule has 80 valence electrons. The summed E-state index contributed by atoms with van der Waals surface area (Å²) in [6, 6.07) is 4.90. The zero-order valence-electron chi connectivity index (χ0n) is 7.59. The summed E-state index contributed by atoms with van der Waals surface area (Å²) < 4.78 is 0. The first-order valence-corrected chi connectivity index (χ1v) is 4.81. The van der Waals surface area contributed by atoms with Crippen LogP contribution in [-0.4, -0.2) is 12.3 Å². The number of hydrogen-bond donors (Lipinski definition) is 2. The SMILES string of the molecule is O=CNNC(=O)Cc1ccc(Cl)c(Cl)c1. The molecule has 0 heterocycles. The van der Waals surface area contributed by atoms with Gasteiger partial charge in [-0.25, -0.2) is 0 Å². The van der Waals surface area contributed by atoms with Gasteiger partial charge in [-0.05, 0) is 17.7 Å². The van der Waals surface area contributed by atoms with E-state index in [-0.39, 0.29) is 12.3 Å². The van der Waals surface area contributed by atoms with Gasteiger partial charge in [0.15, 0.2) is 0 Å². The molecule has 2 amide bonds. The third-order valence-corrected chi connectivity index (χ3v) is 2.36. The van der Waals surface area contributed by atoms with E-state index in [9.17, 15) is 9.59 Å². The minimum Gasteiger partial charge on any atom is -0.277 e. The summed E-state index contributed by atoms with van der Waals surface area (Å²) in [6.07, 6.45) is 0.504. The molecule has 0 fully saturated rings. The highest BCUT2D eigenvalue weighted by Gasteiger charge is 2.04. The first kappa shape index (κ1) is 11.8. The molecule has 0 spiro atoms. The van der Waals surface area contributed by atoms with Gasteiger partial charge in [-0.1, -0.05) is 29.3 Å². The van der Waals surface area contributed by atoms with Crippen molar-refractivity contribution in [2.24, 2.45) is 0 Å². The van der Waals surface area contributed by atoms with Crippen molar-refractivity contribution < 1.29 is 9.59 Å². The van der Waals surface area contributed by atoms with E-state index in [1.807, 2.05) is 0 Å². The zero-order valence-corrected chi connectivity index (χ0v) is 9.10. The van der Waals surface area contributed by atoms with Gasteiger partial charge in [0.05, 0.1) is 16.5 Å². The summed E-state index contributed by atoms with van der Waals surface area (Å²) in [5, 5.41) is 0.831. The van der Waals surface area contributed by atoms with Crippen molar-refractivity contribution in [3.8, 4) is 0 Å². The smallest absolute Gasteiger partial charge is 0.242 e. The number of carbonyl (C=O) groups excluding carboxylic acids is 2. The van der Waals surface area contributed by atoms with Crippen molar-refractivity contribution in [2.45, 2.75) is 6.42 Å². The van der Waals surface area contributed by atoms with Crippen LogP contribution in [0.15, 0.2) is 18.2 Å². The lowest BCUT2D eigenvalue weighted by Gasteiger charge is -2.04. The average Bonchev–Trinajstić information content (AvgIpc) is 2.20. The molecule has 1 aromatic carbocycles. The normalized spacial score (nSPS) is 9.47. The van der Waals surface area contributed by atoms with Gasteiger partial charge in [0.25, 0.3) is 0 Å². The third kappa shape index (κ3) is 3.77. The Bertz CT molecular complexity index is 382. The largest absolute Gasteiger partial charge is 0.277 e. The van der Waals surface area contributed by atoms with E-state index < -0.39 is 0 Å². The summed E-state index contributed by atoms with van der Waals surface area (Å²) >= 11 is 11.5. The molecular weight excluding hydrogens is 239 g/mol. The molecule has 4 nitrogen and oxygen atoms in total. The maximum Gasteiger partial charge on any atom is 0.242 e. The van der Waals surface area contributed by atoms with Crippen molar-refractivity contribution >= 4 is 35.5 Å². The van der Waals surface area contributed by atoms with Crippen molar-refractivity contribution in [1.82, 2.24) is 10.9 Å². The number of halogens is 2. The highest BCUT2D eigenvalue weighted by Crippen LogP contribution is 2.22. The van der Waals surface area contributed by atoms with Gasteiger partial charge in [0, 0.05) is 0 Å². The van der Waals surface area contributed by atoms with Crippen molar-refractivity contribution in [2.75, 3.05) is 0 Å². The second-order valence-electron chi connectivity index (χ2n) is 2.74. The highest BCUT2D eigenvalue weighted by atomic mass is 35.5. The van der Waals surface area contributed by atoms with Gasteiger partial charge in [0.2, 0.25) is 12.3 Å². The fraction of sp³-hybridized carbons (Fsp3) is 0.111. The van der Waals surface area contributed by atoms with E-state index in [0.29, 0.717) is 16.5 Å². The fourth-order valence-corrected chi connectivity index (χ4v) is 1.31.